The first-order valence-corrected chi connectivity index (χ1v) is 10.0. The minimum atomic E-state index is -0.0481. The van der Waals surface area contributed by atoms with E-state index in [9.17, 15) is 4.79 Å². The number of hydrogen-bond donors (Lipinski definition) is 2. The first-order chi connectivity index (χ1) is 12.9. The van der Waals surface area contributed by atoms with Gasteiger partial charge in [0, 0.05) is 29.4 Å². The number of carbonyl (C=O) groups excluding carboxylic acids is 1. The maximum atomic E-state index is 12.8. The number of aryl methyl sites for hydroxylation is 3. The molecule has 2 heterocycles. The van der Waals surface area contributed by atoms with E-state index in [-0.39, 0.29) is 11.9 Å². The number of benzene rings is 1. The second-order valence-corrected chi connectivity index (χ2v) is 8.16. The molecule has 3 aromatic rings. The topological polar surface area (TPSA) is 66.9 Å². The first kappa shape index (κ1) is 19.3. The van der Waals surface area contributed by atoms with Crippen LogP contribution in [0.4, 0.5) is 5.69 Å². The number of anilines is 1. The van der Waals surface area contributed by atoms with Gasteiger partial charge in [-0.05, 0) is 44.4 Å². The lowest BCUT2D eigenvalue weighted by atomic mass is 10.0. The van der Waals surface area contributed by atoms with E-state index in [1.807, 2.05) is 51.1 Å². The fourth-order valence-corrected chi connectivity index (χ4v) is 4.37. The van der Waals surface area contributed by atoms with Gasteiger partial charge in [0.2, 0.25) is 0 Å². The van der Waals surface area contributed by atoms with Crippen molar-refractivity contribution < 1.29 is 4.79 Å². The van der Waals surface area contributed by atoms with Gasteiger partial charge in [-0.3, -0.25) is 4.79 Å². The van der Waals surface area contributed by atoms with E-state index in [0.29, 0.717) is 12.5 Å². The molecular weight excluding hydrogens is 356 g/mol. The zero-order valence-electron chi connectivity index (χ0n) is 16.5. The van der Waals surface area contributed by atoms with Gasteiger partial charge in [-0.15, -0.1) is 11.3 Å². The highest BCUT2D eigenvalue weighted by atomic mass is 32.1. The molecule has 2 aromatic heterocycles. The summed E-state index contributed by atoms with van der Waals surface area (Å²) in [5.41, 5.74) is 2.95. The van der Waals surface area contributed by atoms with Crippen molar-refractivity contribution >= 4 is 33.1 Å². The molecule has 0 aliphatic heterocycles. The molecule has 1 unspecified atom stereocenters. The second-order valence-electron chi connectivity index (χ2n) is 7.16. The van der Waals surface area contributed by atoms with Gasteiger partial charge in [0.05, 0.1) is 4.88 Å². The maximum absolute atomic E-state index is 12.8. The molecule has 0 spiro atoms. The average Bonchev–Trinajstić information content (AvgIpc) is 2.95. The minimum absolute atomic E-state index is 0.0481. The summed E-state index contributed by atoms with van der Waals surface area (Å²) in [7, 11) is 0. The van der Waals surface area contributed by atoms with E-state index in [1.165, 1.54) is 11.3 Å². The Labute approximate surface area is 164 Å². The van der Waals surface area contributed by atoms with Crippen LogP contribution in [0.15, 0.2) is 30.3 Å². The lowest BCUT2D eigenvalue weighted by Crippen LogP contribution is -2.39. The van der Waals surface area contributed by atoms with Gasteiger partial charge in [-0.2, -0.15) is 0 Å². The highest BCUT2D eigenvalue weighted by Gasteiger charge is 2.20. The Hall–Kier alpha value is -2.47. The van der Waals surface area contributed by atoms with Gasteiger partial charge in [-0.25, -0.2) is 9.97 Å². The number of amides is 1. The number of nitrogens with one attached hydrogen (secondary N) is 2. The van der Waals surface area contributed by atoms with E-state index in [2.05, 4.69) is 34.4 Å². The zero-order valence-corrected chi connectivity index (χ0v) is 17.3. The molecule has 27 heavy (non-hydrogen) atoms. The van der Waals surface area contributed by atoms with Crippen molar-refractivity contribution in [2.45, 2.75) is 40.7 Å². The van der Waals surface area contributed by atoms with Gasteiger partial charge in [0.1, 0.15) is 10.7 Å². The summed E-state index contributed by atoms with van der Waals surface area (Å²) in [6.07, 6.45) is 0. The molecule has 2 N–H and O–H groups in total. The molecule has 1 amide bonds. The summed E-state index contributed by atoms with van der Waals surface area (Å²) in [5.74, 6) is 1.07. The lowest BCUT2D eigenvalue weighted by Gasteiger charge is -2.24. The third kappa shape index (κ3) is 4.27. The molecule has 1 atom stereocenters. The molecule has 5 nitrogen and oxygen atoms in total. The van der Waals surface area contributed by atoms with Crippen LogP contribution in [0, 0.1) is 26.7 Å². The fourth-order valence-electron chi connectivity index (χ4n) is 3.18. The highest BCUT2D eigenvalue weighted by molar-refractivity contribution is 7.20. The van der Waals surface area contributed by atoms with Crippen LogP contribution < -0.4 is 10.6 Å². The van der Waals surface area contributed by atoms with E-state index < -0.39 is 0 Å². The molecule has 0 saturated heterocycles. The summed E-state index contributed by atoms with van der Waals surface area (Å²) in [4.78, 5) is 23.4. The molecule has 0 aliphatic rings. The van der Waals surface area contributed by atoms with Gasteiger partial charge < -0.3 is 10.6 Å². The van der Waals surface area contributed by atoms with Crippen LogP contribution in [-0.4, -0.2) is 28.5 Å². The van der Waals surface area contributed by atoms with Crippen molar-refractivity contribution in [1.29, 1.82) is 0 Å². The summed E-state index contributed by atoms with van der Waals surface area (Å²) < 4.78 is 0. The molecule has 3 rings (SSSR count). The number of nitrogens with zero attached hydrogens (tertiary/aromatic N) is 2. The third-order valence-electron chi connectivity index (χ3n) is 4.70. The Balaban J connectivity index is 1.75. The van der Waals surface area contributed by atoms with Gasteiger partial charge in [-0.1, -0.05) is 32.0 Å². The molecular formula is C21H26N4OS. The van der Waals surface area contributed by atoms with Gasteiger partial charge in [0.25, 0.3) is 5.91 Å². The smallest absolute Gasteiger partial charge is 0.261 e. The van der Waals surface area contributed by atoms with Crippen LogP contribution in [0.2, 0.25) is 0 Å². The van der Waals surface area contributed by atoms with Crippen molar-refractivity contribution in [2.75, 3.05) is 11.9 Å². The molecule has 142 valence electrons. The van der Waals surface area contributed by atoms with Crippen LogP contribution in [0.3, 0.4) is 0 Å². The van der Waals surface area contributed by atoms with Crippen LogP contribution >= 0.6 is 11.3 Å². The summed E-state index contributed by atoms with van der Waals surface area (Å²) in [6, 6.07) is 10.2. The van der Waals surface area contributed by atoms with Crippen molar-refractivity contribution in [3.05, 3.63) is 52.3 Å². The number of para-hydroxylation sites is 1. The van der Waals surface area contributed by atoms with Crippen LogP contribution in [0.5, 0.6) is 0 Å². The second kappa shape index (κ2) is 8.05. The predicted molar refractivity (Wildman–Crippen MR) is 113 cm³/mol. The fraction of sp³-hybridized carbons (Fsp3) is 0.381. The SMILES string of the molecule is Cc1nc(C)c2c(C)c(C(=O)NCC(Nc3ccccc3)C(C)C)sc2n1. The summed E-state index contributed by atoms with van der Waals surface area (Å²) in [6.45, 7) is 10.7. The maximum Gasteiger partial charge on any atom is 0.261 e. The summed E-state index contributed by atoms with van der Waals surface area (Å²) in [5, 5.41) is 7.61. The molecule has 6 heteroatoms. The van der Waals surface area contributed by atoms with Gasteiger partial charge >= 0.3 is 0 Å². The van der Waals surface area contributed by atoms with Crippen molar-refractivity contribution in [2.24, 2.45) is 5.92 Å². The standard InChI is InChI=1S/C21H26N4OS/c1-12(2)17(25-16-9-7-6-8-10-16)11-22-20(26)19-13(3)18-14(4)23-15(5)24-21(18)27-19/h6-10,12,17,25H,11H2,1-5H3,(H,22,26). The minimum Gasteiger partial charge on any atom is -0.380 e. The first-order valence-electron chi connectivity index (χ1n) is 9.21. The Morgan fingerprint density at radius 3 is 2.48 bits per heavy atom. The van der Waals surface area contributed by atoms with Crippen LogP contribution in [0.1, 0.15) is 40.6 Å². The van der Waals surface area contributed by atoms with Gasteiger partial charge in [0.15, 0.2) is 0 Å². The molecule has 0 saturated carbocycles. The predicted octanol–water partition coefficient (Wildman–Crippen LogP) is 4.48. The van der Waals surface area contributed by atoms with E-state index in [4.69, 9.17) is 0 Å². The highest BCUT2D eigenvalue weighted by Crippen LogP contribution is 2.31. The molecule has 0 radical (unpaired) electrons. The molecule has 0 aliphatic carbocycles. The molecule has 1 aromatic carbocycles. The third-order valence-corrected chi connectivity index (χ3v) is 5.89. The normalized spacial score (nSPS) is 12.4. The number of rotatable bonds is 6. The Kier molecular flexibility index (Phi) is 5.75. The van der Waals surface area contributed by atoms with E-state index in [0.717, 1.165) is 37.9 Å². The number of carbonyl (C=O) groups is 1. The zero-order chi connectivity index (χ0) is 19.6. The quantitative estimate of drug-likeness (QED) is 0.659. The Morgan fingerprint density at radius 2 is 1.81 bits per heavy atom. The number of fused-ring (bicyclic) bond motifs is 1. The van der Waals surface area contributed by atoms with Crippen LogP contribution in [0.25, 0.3) is 10.2 Å². The van der Waals surface area contributed by atoms with Crippen molar-refractivity contribution in [3.8, 4) is 0 Å². The number of thiophene rings is 1. The largest absolute Gasteiger partial charge is 0.380 e. The van der Waals surface area contributed by atoms with E-state index >= 15 is 0 Å². The number of hydrogen-bond acceptors (Lipinski definition) is 5. The van der Waals surface area contributed by atoms with Crippen molar-refractivity contribution in [1.82, 2.24) is 15.3 Å². The van der Waals surface area contributed by atoms with Crippen LogP contribution in [-0.2, 0) is 0 Å². The molecule has 0 fully saturated rings. The summed E-state index contributed by atoms with van der Waals surface area (Å²) >= 11 is 1.44. The van der Waals surface area contributed by atoms with E-state index in [1.54, 1.807) is 0 Å². The lowest BCUT2D eigenvalue weighted by molar-refractivity contribution is 0.0954. The Morgan fingerprint density at radius 1 is 1.11 bits per heavy atom. The van der Waals surface area contributed by atoms with Crippen molar-refractivity contribution in [3.63, 3.8) is 0 Å². The monoisotopic (exact) mass is 382 g/mol. The number of aromatic nitrogens is 2. The molecule has 0 bridgehead atoms. The average molecular weight is 383 g/mol. The Bertz CT molecular complexity index is 950.